The van der Waals surface area contributed by atoms with Crippen LogP contribution < -0.4 is 21.3 Å². The van der Waals surface area contributed by atoms with E-state index in [9.17, 15) is 18.0 Å². The van der Waals surface area contributed by atoms with Crippen LogP contribution >= 0.6 is 7.92 Å². The van der Waals surface area contributed by atoms with Crippen LogP contribution in [-0.2, 0) is 12.6 Å². The highest BCUT2D eigenvalue weighted by Gasteiger charge is 2.37. The van der Waals surface area contributed by atoms with Crippen molar-refractivity contribution < 1.29 is 18.0 Å². The first-order valence-corrected chi connectivity index (χ1v) is 14.6. The Kier molecular flexibility index (Phi) is 7.93. The molecule has 0 bridgehead atoms. The molecule has 1 saturated heterocycles. The number of aromatic nitrogens is 3. The number of anilines is 1. The van der Waals surface area contributed by atoms with Crippen LogP contribution in [0.3, 0.4) is 0 Å². The molecule has 1 atom stereocenters. The number of alkyl halides is 3. The Labute approximate surface area is 216 Å². The van der Waals surface area contributed by atoms with Crippen LogP contribution in [0.1, 0.15) is 48.2 Å². The Hall–Kier alpha value is -2.55. The van der Waals surface area contributed by atoms with Crippen LogP contribution in [0.4, 0.5) is 19.1 Å². The third kappa shape index (κ3) is 5.81. The molecule has 0 amide bonds. The third-order valence-corrected chi connectivity index (χ3v) is 8.27. The van der Waals surface area contributed by atoms with Gasteiger partial charge in [-0.25, -0.2) is 9.97 Å². The van der Waals surface area contributed by atoms with Gasteiger partial charge >= 0.3 is 6.18 Å². The first-order chi connectivity index (χ1) is 17.4. The maximum absolute atomic E-state index is 14.1. The minimum atomic E-state index is -4.63. The summed E-state index contributed by atoms with van der Waals surface area (Å²) < 4.78 is 42.3. The number of carbonyl (C=O) groups excluding carboxylic acids is 1. The fourth-order valence-corrected chi connectivity index (χ4v) is 6.18. The fourth-order valence-electron chi connectivity index (χ4n) is 4.87. The Morgan fingerprint density at radius 1 is 1.30 bits per heavy atom. The summed E-state index contributed by atoms with van der Waals surface area (Å²) in [6.07, 6.45) is 1.01. The summed E-state index contributed by atoms with van der Waals surface area (Å²) in [6.45, 7) is 9.63. The summed E-state index contributed by atoms with van der Waals surface area (Å²) in [5.74, 6) is 0.164. The number of piperidine rings is 1. The Morgan fingerprint density at radius 3 is 2.65 bits per heavy atom. The van der Waals surface area contributed by atoms with E-state index < -0.39 is 19.7 Å². The molecule has 4 N–H and O–H groups in total. The Balaban J connectivity index is 1.85. The second kappa shape index (κ2) is 10.7. The van der Waals surface area contributed by atoms with E-state index in [2.05, 4.69) is 44.7 Å². The predicted octanol–water partition coefficient (Wildman–Crippen LogP) is 4.53. The lowest BCUT2D eigenvalue weighted by atomic mass is 9.91. The molecule has 4 rings (SSSR count). The highest BCUT2D eigenvalue weighted by atomic mass is 31.1. The number of nitrogens with one attached hydrogen (secondary N) is 4. The van der Waals surface area contributed by atoms with E-state index in [1.807, 2.05) is 26.4 Å². The molecule has 7 nitrogen and oxygen atoms in total. The third-order valence-electron chi connectivity index (χ3n) is 6.91. The number of likely N-dealkylation sites (N-methyl/N-ethyl adjacent to an activating group) is 1. The number of fused-ring (bicyclic) bond motifs is 1. The first-order valence-electron chi connectivity index (χ1n) is 12.4. The fraction of sp³-hybridized carbons (Fsp3) is 0.500. The van der Waals surface area contributed by atoms with Crippen LogP contribution in [0.5, 0.6) is 0 Å². The Bertz CT molecular complexity index is 1280. The molecule has 200 valence electrons. The van der Waals surface area contributed by atoms with Gasteiger partial charge in [-0.2, -0.15) is 13.2 Å². The van der Waals surface area contributed by atoms with Crippen molar-refractivity contribution in [3.8, 4) is 11.3 Å². The molecule has 37 heavy (non-hydrogen) atoms. The van der Waals surface area contributed by atoms with Crippen LogP contribution in [0.2, 0.25) is 0 Å². The summed E-state index contributed by atoms with van der Waals surface area (Å²) >= 11 is 0. The average Bonchev–Trinajstić information content (AvgIpc) is 3.25. The zero-order chi connectivity index (χ0) is 27.0. The maximum atomic E-state index is 14.1. The predicted molar refractivity (Wildman–Crippen MR) is 144 cm³/mol. The lowest BCUT2D eigenvalue weighted by molar-refractivity contribution is -0.137. The highest BCUT2D eigenvalue weighted by Crippen LogP contribution is 2.41. The summed E-state index contributed by atoms with van der Waals surface area (Å²) in [5.41, 5.74) is 1.39. The average molecular weight is 535 g/mol. The number of halogens is 3. The molecule has 1 aromatic carbocycles. The van der Waals surface area contributed by atoms with Gasteiger partial charge in [-0.05, 0) is 71.7 Å². The van der Waals surface area contributed by atoms with E-state index >= 15 is 0 Å². The monoisotopic (exact) mass is 534 g/mol. The lowest BCUT2D eigenvalue weighted by Crippen LogP contribution is -2.50. The van der Waals surface area contributed by atoms with Gasteiger partial charge in [0.15, 0.2) is 6.29 Å². The van der Waals surface area contributed by atoms with Crippen LogP contribution in [0.25, 0.3) is 22.2 Å². The SMILES string of the molecule is CNCCc1cc2c(-c3nc(NC4CCC(C)(C)NC4)ncc3C(F)(F)F)c[nH]c2c(P(C)C)c1C=O. The van der Waals surface area contributed by atoms with Gasteiger partial charge < -0.3 is 20.9 Å². The number of hydrogen-bond acceptors (Lipinski definition) is 6. The van der Waals surface area contributed by atoms with Gasteiger partial charge in [0.1, 0.15) is 5.56 Å². The molecule has 3 aromatic rings. The number of aldehydes is 1. The first kappa shape index (κ1) is 27.5. The van der Waals surface area contributed by atoms with Crippen molar-refractivity contribution in [1.82, 2.24) is 25.6 Å². The van der Waals surface area contributed by atoms with Crippen LogP contribution in [0.15, 0.2) is 18.5 Å². The van der Waals surface area contributed by atoms with Crippen molar-refractivity contribution >= 4 is 36.4 Å². The van der Waals surface area contributed by atoms with Crippen LogP contribution in [0, 0.1) is 0 Å². The van der Waals surface area contributed by atoms with Gasteiger partial charge in [-0.3, -0.25) is 4.79 Å². The molecule has 0 spiro atoms. The van der Waals surface area contributed by atoms with Crippen molar-refractivity contribution in [3.05, 3.63) is 35.2 Å². The van der Waals surface area contributed by atoms with E-state index in [0.717, 1.165) is 36.2 Å². The van der Waals surface area contributed by atoms with Crippen molar-refractivity contribution in [2.24, 2.45) is 0 Å². The number of benzene rings is 1. The van der Waals surface area contributed by atoms with Crippen LogP contribution in [-0.4, -0.2) is 66.3 Å². The number of rotatable bonds is 8. The second-order valence-corrected chi connectivity index (χ2v) is 12.6. The molecule has 1 aliphatic rings. The van der Waals surface area contributed by atoms with E-state index in [1.54, 1.807) is 6.20 Å². The number of hydrogen-bond donors (Lipinski definition) is 4. The number of carbonyl (C=O) groups is 1. The zero-order valence-corrected chi connectivity index (χ0v) is 22.7. The summed E-state index contributed by atoms with van der Waals surface area (Å²) in [6, 6.07) is 1.84. The molecule has 11 heteroatoms. The molecule has 2 aromatic heterocycles. The van der Waals surface area contributed by atoms with E-state index in [4.69, 9.17) is 0 Å². The summed E-state index contributed by atoms with van der Waals surface area (Å²) in [4.78, 5) is 23.7. The van der Waals surface area contributed by atoms with Crippen molar-refractivity contribution in [2.45, 2.75) is 50.9 Å². The molecule has 1 unspecified atom stereocenters. The minimum Gasteiger partial charge on any atom is -0.360 e. The van der Waals surface area contributed by atoms with Gasteiger partial charge in [-0.15, -0.1) is 0 Å². The standard InChI is InChI=1S/C26H34F3N6OP/c1-25(2)8-6-16(11-33-25)34-24-32-13-20(26(27,28)29)21(35-24)18-12-31-22-17(18)10-15(7-9-30-3)19(14-36)23(22)37(4)5/h10,12-14,16,30-31,33H,6-9,11H2,1-5H3,(H,32,34,35). The van der Waals surface area contributed by atoms with Gasteiger partial charge in [-0.1, -0.05) is 7.92 Å². The minimum absolute atomic E-state index is 0.0132. The zero-order valence-electron chi connectivity index (χ0n) is 21.8. The molecule has 1 fully saturated rings. The van der Waals surface area contributed by atoms with Crippen molar-refractivity contribution in [3.63, 3.8) is 0 Å². The number of nitrogens with zero attached hydrogens (tertiary/aromatic N) is 2. The number of aromatic amines is 1. The molecular weight excluding hydrogens is 500 g/mol. The van der Waals surface area contributed by atoms with E-state index in [-0.39, 0.29) is 23.2 Å². The molecule has 1 aliphatic heterocycles. The quantitative estimate of drug-likeness (QED) is 0.251. The number of H-pyrrole nitrogens is 1. The van der Waals surface area contributed by atoms with Gasteiger partial charge in [0.05, 0.1) is 11.2 Å². The second-order valence-electron chi connectivity index (χ2n) is 10.4. The molecule has 0 saturated carbocycles. The van der Waals surface area contributed by atoms with Crippen molar-refractivity contribution in [1.29, 1.82) is 0 Å². The van der Waals surface area contributed by atoms with Gasteiger partial charge in [0, 0.05) is 52.3 Å². The molecular formula is C26H34F3N6OP. The smallest absolute Gasteiger partial charge is 0.360 e. The Morgan fingerprint density at radius 2 is 2.05 bits per heavy atom. The highest BCUT2D eigenvalue weighted by molar-refractivity contribution is 7.64. The largest absolute Gasteiger partial charge is 0.419 e. The van der Waals surface area contributed by atoms with E-state index in [1.165, 1.54) is 0 Å². The normalized spacial score (nSPS) is 17.9. The topological polar surface area (TPSA) is 94.7 Å². The van der Waals surface area contributed by atoms with Gasteiger partial charge in [0.25, 0.3) is 0 Å². The van der Waals surface area contributed by atoms with Crippen molar-refractivity contribution in [2.75, 3.05) is 38.8 Å². The molecule has 0 aliphatic carbocycles. The summed E-state index contributed by atoms with van der Waals surface area (Å²) in [5, 5.41) is 11.2. The van der Waals surface area contributed by atoms with Gasteiger partial charge in [0.2, 0.25) is 5.95 Å². The molecule has 0 radical (unpaired) electrons. The maximum Gasteiger partial charge on any atom is 0.419 e. The summed E-state index contributed by atoms with van der Waals surface area (Å²) in [7, 11) is 1.10. The lowest BCUT2D eigenvalue weighted by Gasteiger charge is -2.36. The molecule has 3 heterocycles. The van der Waals surface area contributed by atoms with E-state index in [0.29, 0.717) is 41.5 Å².